The highest BCUT2D eigenvalue weighted by atomic mass is 16.4. The molecule has 98 valence electrons. The molecule has 7 heteroatoms. The van der Waals surface area contributed by atoms with E-state index in [1.807, 2.05) is 0 Å². The van der Waals surface area contributed by atoms with Crippen molar-refractivity contribution in [1.82, 2.24) is 16.0 Å². The van der Waals surface area contributed by atoms with Gasteiger partial charge in [-0.2, -0.15) is 0 Å². The summed E-state index contributed by atoms with van der Waals surface area (Å²) in [5, 5.41) is 15.7. The van der Waals surface area contributed by atoms with Gasteiger partial charge in [0.1, 0.15) is 0 Å². The molecule has 0 saturated carbocycles. The average Bonchev–Trinajstić information content (AvgIpc) is 2.30. The van der Waals surface area contributed by atoms with E-state index in [1.165, 1.54) is 7.05 Å². The van der Waals surface area contributed by atoms with Gasteiger partial charge in [-0.15, -0.1) is 0 Å². The van der Waals surface area contributed by atoms with E-state index in [0.29, 0.717) is 13.0 Å². The number of rotatable bonds is 8. The monoisotopic (exact) mass is 245 g/mol. The standard InChI is InChI=1S/C10H19N3O4/c1-11-8(14)7-13-10(17)12-6-4-2-3-5-9(15)16/h2-7H2,1H3,(H,11,14)(H,15,16)(H2,12,13,17). The van der Waals surface area contributed by atoms with Crippen LogP contribution in [-0.4, -0.2) is 43.2 Å². The molecule has 0 bridgehead atoms. The topological polar surface area (TPSA) is 108 Å². The molecule has 0 rings (SSSR count). The van der Waals surface area contributed by atoms with Crippen LogP contribution >= 0.6 is 0 Å². The number of nitrogens with one attached hydrogen (secondary N) is 3. The van der Waals surface area contributed by atoms with Crippen LogP contribution < -0.4 is 16.0 Å². The zero-order valence-corrected chi connectivity index (χ0v) is 9.91. The number of aliphatic carboxylic acids is 1. The molecule has 0 radical (unpaired) electrons. The smallest absolute Gasteiger partial charge is 0.315 e. The van der Waals surface area contributed by atoms with E-state index in [4.69, 9.17) is 5.11 Å². The Balaban J connectivity index is 3.33. The summed E-state index contributed by atoms with van der Waals surface area (Å²) in [6.07, 6.45) is 2.24. The van der Waals surface area contributed by atoms with Crippen molar-refractivity contribution >= 4 is 17.9 Å². The van der Waals surface area contributed by atoms with Crippen LogP contribution in [0.25, 0.3) is 0 Å². The number of carbonyl (C=O) groups is 3. The summed E-state index contributed by atoms with van der Waals surface area (Å²) in [4.78, 5) is 32.1. The van der Waals surface area contributed by atoms with Crippen molar-refractivity contribution < 1.29 is 19.5 Å². The number of hydrogen-bond donors (Lipinski definition) is 4. The van der Waals surface area contributed by atoms with E-state index < -0.39 is 12.0 Å². The highest BCUT2D eigenvalue weighted by Gasteiger charge is 2.02. The Hall–Kier alpha value is -1.79. The molecule has 0 heterocycles. The molecule has 4 N–H and O–H groups in total. The van der Waals surface area contributed by atoms with E-state index in [0.717, 1.165) is 12.8 Å². The van der Waals surface area contributed by atoms with Crippen molar-refractivity contribution in [1.29, 1.82) is 0 Å². The summed E-state index contributed by atoms with van der Waals surface area (Å²) >= 11 is 0. The molecular weight excluding hydrogens is 226 g/mol. The number of amides is 3. The first-order valence-corrected chi connectivity index (χ1v) is 5.50. The summed E-state index contributed by atoms with van der Waals surface area (Å²) in [5.74, 6) is -1.07. The third kappa shape index (κ3) is 10.5. The van der Waals surface area contributed by atoms with Gasteiger partial charge < -0.3 is 21.1 Å². The lowest BCUT2D eigenvalue weighted by atomic mass is 10.2. The van der Waals surface area contributed by atoms with Crippen LogP contribution in [0.4, 0.5) is 4.79 Å². The average molecular weight is 245 g/mol. The number of urea groups is 1. The largest absolute Gasteiger partial charge is 0.481 e. The molecule has 0 spiro atoms. The van der Waals surface area contributed by atoms with Gasteiger partial charge in [0.25, 0.3) is 0 Å². The third-order valence-electron chi connectivity index (χ3n) is 2.04. The lowest BCUT2D eigenvalue weighted by Gasteiger charge is -2.06. The Bertz CT molecular complexity index is 268. The zero-order chi connectivity index (χ0) is 13.1. The third-order valence-corrected chi connectivity index (χ3v) is 2.04. The van der Waals surface area contributed by atoms with Crippen LogP contribution in [0, 0.1) is 0 Å². The molecular formula is C10H19N3O4. The van der Waals surface area contributed by atoms with Crippen molar-refractivity contribution in [2.75, 3.05) is 20.1 Å². The SMILES string of the molecule is CNC(=O)CNC(=O)NCCCCCC(=O)O. The highest BCUT2D eigenvalue weighted by Crippen LogP contribution is 1.98. The molecule has 0 aromatic heterocycles. The minimum atomic E-state index is -0.804. The summed E-state index contributed by atoms with van der Waals surface area (Å²) in [7, 11) is 1.49. The Kier molecular flexibility index (Phi) is 8.44. The van der Waals surface area contributed by atoms with Crippen molar-refractivity contribution in [3.63, 3.8) is 0 Å². The molecule has 17 heavy (non-hydrogen) atoms. The minimum Gasteiger partial charge on any atom is -0.481 e. The Morgan fingerprint density at radius 3 is 2.35 bits per heavy atom. The fraction of sp³-hybridized carbons (Fsp3) is 0.700. The number of carbonyl (C=O) groups excluding carboxylic acids is 2. The van der Waals surface area contributed by atoms with Crippen molar-refractivity contribution in [3.05, 3.63) is 0 Å². The summed E-state index contributed by atoms with van der Waals surface area (Å²) in [5.41, 5.74) is 0. The fourth-order valence-corrected chi connectivity index (χ4v) is 1.09. The molecule has 0 saturated heterocycles. The van der Waals surface area contributed by atoms with E-state index in [-0.39, 0.29) is 18.9 Å². The summed E-state index contributed by atoms with van der Waals surface area (Å²) < 4.78 is 0. The van der Waals surface area contributed by atoms with Crippen molar-refractivity contribution in [2.45, 2.75) is 25.7 Å². The van der Waals surface area contributed by atoms with Crippen LogP contribution in [0.2, 0.25) is 0 Å². The number of carboxylic acids is 1. The van der Waals surface area contributed by atoms with Gasteiger partial charge in [0.05, 0.1) is 6.54 Å². The minimum absolute atomic E-state index is 0.0542. The van der Waals surface area contributed by atoms with E-state index in [1.54, 1.807) is 0 Å². The van der Waals surface area contributed by atoms with E-state index in [9.17, 15) is 14.4 Å². The zero-order valence-electron chi connectivity index (χ0n) is 9.91. The molecule has 0 aromatic carbocycles. The van der Waals surface area contributed by atoms with Gasteiger partial charge in [-0.05, 0) is 12.8 Å². The maximum Gasteiger partial charge on any atom is 0.315 e. The van der Waals surface area contributed by atoms with E-state index in [2.05, 4.69) is 16.0 Å². The van der Waals surface area contributed by atoms with Crippen LogP contribution in [0.5, 0.6) is 0 Å². The van der Waals surface area contributed by atoms with Gasteiger partial charge >= 0.3 is 12.0 Å². The van der Waals surface area contributed by atoms with Gasteiger partial charge in [-0.3, -0.25) is 9.59 Å². The molecule has 0 unspecified atom stereocenters. The number of carboxylic acid groups (broad SMARTS) is 1. The van der Waals surface area contributed by atoms with E-state index >= 15 is 0 Å². The number of hydrogen-bond acceptors (Lipinski definition) is 3. The van der Waals surface area contributed by atoms with Gasteiger partial charge in [0.2, 0.25) is 5.91 Å². The van der Waals surface area contributed by atoms with Crippen molar-refractivity contribution in [3.8, 4) is 0 Å². The molecule has 3 amide bonds. The first kappa shape index (κ1) is 15.2. The van der Waals surface area contributed by atoms with Gasteiger partial charge in [0, 0.05) is 20.0 Å². The van der Waals surface area contributed by atoms with Crippen LogP contribution in [0.1, 0.15) is 25.7 Å². The fourth-order valence-electron chi connectivity index (χ4n) is 1.09. The predicted molar refractivity (Wildman–Crippen MR) is 61.6 cm³/mol. The van der Waals surface area contributed by atoms with Crippen LogP contribution in [0.3, 0.4) is 0 Å². The van der Waals surface area contributed by atoms with Crippen molar-refractivity contribution in [2.24, 2.45) is 0 Å². The van der Waals surface area contributed by atoms with Crippen LogP contribution in [0.15, 0.2) is 0 Å². The quantitative estimate of drug-likeness (QED) is 0.439. The summed E-state index contributed by atoms with van der Waals surface area (Å²) in [6.45, 7) is 0.417. The number of unbranched alkanes of at least 4 members (excludes halogenated alkanes) is 2. The Morgan fingerprint density at radius 2 is 1.76 bits per heavy atom. The van der Waals surface area contributed by atoms with Gasteiger partial charge in [-0.1, -0.05) is 6.42 Å². The summed E-state index contributed by atoms with van der Waals surface area (Å²) in [6, 6.07) is -0.396. The molecule has 0 aliphatic heterocycles. The highest BCUT2D eigenvalue weighted by molar-refractivity contribution is 5.83. The second-order valence-electron chi connectivity index (χ2n) is 3.49. The maximum absolute atomic E-state index is 11.1. The molecule has 0 atom stereocenters. The second-order valence-corrected chi connectivity index (χ2v) is 3.49. The lowest BCUT2D eigenvalue weighted by Crippen LogP contribution is -2.41. The Morgan fingerprint density at radius 1 is 1.06 bits per heavy atom. The van der Waals surface area contributed by atoms with Gasteiger partial charge in [0.15, 0.2) is 0 Å². The number of likely N-dealkylation sites (N-methyl/N-ethyl adjacent to an activating group) is 1. The predicted octanol–water partition coefficient (Wildman–Crippen LogP) is -0.323. The first-order chi connectivity index (χ1) is 8.06. The molecule has 7 nitrogen and oxygen atoms in total. The molecule has 0 fully saturated rings. The lowest BCUT2D eigenvalue weighted by molar-refractivity contribution is -0.137. The Labute approximate surface area is 100.0 Å². The first-order valence-electron chi connectivity index (χ1n) is 5.50. The molecule has 0 aliphatic rings. The van der Waals surface area contributed by atoms with Gasteiger partial charge in [-0.25, -0.2) is 4.79 Å². The second kappa shape index (κ2) is 9.44. The molecule has 0 aromatic rings. The normalized spacial score (nSPS) is 9.47. The van der Waals surface area contributed by atoms with Crippen LogP contribution in [-0.2, 0) is 9.59 Å². The molecule has 0 aliphatic carbocycles. The maximum atomic E-state index is 11.1.